The third-order valence-corrected chi connectivity index (χ3v) is 9.55. The van der Waals surface area contributed by atoms with Crippen molar-refractivity contribution in [2.45, 2.75) is 75.9 Å². The van der Waals surface area contributed by atoms with Gasteiger partial charge in [-0.15, -0.1) is 15.3 Å². The Balaban J connectivity index is 1.00. The molecule has 210 valence electrons. The first-order valence-corrected chi connectivity index (χ1v) is 15.1. The molecule has 2 aliphatic heterocycles. The minimum absolute atomic E-state index is 0.286. The van der Waals surface area contributed by atoms with Gasteiger partial charge in [0.15, 0.2) is 5.82 Å². The van der Waals surface area contributed by atoms with Crippen LogP contribution in [-0.4, -0.2) is 61.2 Å². The number of aryl methyl sites for hydroxylation is 4. The largest absolute Gasteiger partial charge is 0.378 e. The summed E-state index contributed by atoms with van der Waals surface area (Å²) in [7, 11) is 0. The monoisotopic (exact) mass is 548 g/mol. The number of hydrogen-bond acceptors (Lipinski definition) is 8. The Bertz CT molecular complexity index is 1580. The predicted octanol–water partition coefficient (Wildman–Crippen LogP) is 4.65. The molecule has 0 radical (unpaired) electrons. The molecule has 0 spiro atoms. The molecule has 2 bridgehead atoms. The van der Waals surface area contributed by atoms with E-state index in [4.69, 9.17) is 10.5 Å². The fraction of sp³-hybridized carbons (Fsp3) is 0.438. The van der Waals surface area contributed by atoms with Crippen molar-refractivity contribution < 1.29 is 4.74 Å². The molecular weight excluding hydrogens is 512 g/mol. The van der Waals surface area contributed by atoms with Gasteiger partial charge in [-0.3, -0.25) is 4.90 Å². The molecule has 2 saturated heterocycles. The van der Waals surface area contributed by atoms with Crippen molar-refractivity contribution >= 4 is 17.6 Å². The molecule has 8 rings (SSSR count). The van der Waals surface area contributed by atoms with E-state index in [1.165, 1.54) is 53.5 Å². The SMILES string of the molecule is Nc1nc(Nc2ccc3c(c2)CCC(N2C4CCC2COC4)CC3)nn1-c1cc2c(nn1)-c1ccccc1CCC2. The van der Waals surface area contributed by atoms with Crippen LogP contribution in [0.5, 0.6) is 0 Å². The van der Waals surface area contributed by atoms with Crippen LogP contribution in [-0.2, 0) is 30.4 Å². The van der Waals surface area contributed by atoms with Crippen molar-refractivity contribution in [3.8, 4) is 17.1 Å². The second-order valence-corrected chi connectivity index (χ2v) is 12.0. The number of benzene rings is 2. The highest BCUT2D eigenvalue weighted by Crippen LogP contribution is 2.36. The Morgan fingerprint density at radius 3 is 2.46 bits per heavy atom. The van der Waals surface area contributed by atoms with Crippen LogP contribution in [0.1, 0.15) is 54.4 Å². The van der Waals surface area contributed by atoms with Gasteiger partial charge in [-0.05, 0) is 98.2 Å². The first-order chi connectivity index (χ1) is 20.2. The Hall–Kier alpha value is -3.82. The number of morpholine rings is 1. The van der Waals surface area contributed by atoms with Crippen molar-refractivity contribution in [1.29, 1.82) is 0 Å². The topological polar surface area (TPSA) is 107 Å². The summed E-state index contributed by atoms with van der Waals surface area (Å²) in [6.45, 7) is 1.81. The first kappa shape index (κ1) is 24.9. The molecule has 3 N–H and O–H groups in total. The standard InChI is InChI=1S/C32H36N8O/c33-31-35-32(38-40(31)29-17-23-6-3-5-21-4-1-2-7-28(21)30(23)37-36-29)34-24-11-8-20-9-12-25(13-10-22(20)16-24)39-26-14-15-27(39)19-41-18-26/h1-2,4,7-8,11,16-17,25-27H,3,5-6,9-10,12-15,18-19H2,(H3,33,34,35,38). The van der Waals surface area contributed by atoms with Crippen LogP contribution in [0.2, 0.25) is 0 Å². The summed E-state index contributed by atoms with van der Waals surface area (Å²) in [5.41, 5.74) is 14.8. The highest BCUT2D eigenvalue weighted by molar-refractivity contribution is 5.68. The molecule has 2 aromatic heterocycles. The van der Waals surface area contributed by atoms with Gasteiger partial charge in [0.2, 0.25) is 11.9 Å². The van der Waals surface area contributed by atoms with E-state index in [2.05, 4.69) is 79.0 Å². The maximum absolute atomic E-state index is 6.32. The zero-order valence-electron chi connectivity index (χ0n) is 23.3. The van der Waals surface area contributed by atoms with Crippen molar-refractivity contribution in [1.82, 2.24) is 29.9 Å². The highest BCUT2D eigenvalue weighted by atomic mass is 16.5. The zero-order chi connectivity index (χ0) is 27.3. The maximum Gasteiger partial charge on any atom is 0.248 e. The number of rotatable bonds is 4. The molecule has 3 atom stereocenters. The van der Waals surface area contributed by atoms with Crippen molar-refractivity contribution in [3.05, 3.63) is 70.8 Å². The summed E-state index contributed by atoms with van der Waals surface area (Å²) in [4.78, 5) is 7.31. The molecule has 2 aromatic carbocycles. The van der Waals surface area contributed by atoms with Gasteiger partial charge in [0.25, 0.3) is 0 Å². The number of nitrogen functional groups attached to an aromatic ring is 1. The second kappa shape index (κ2) is 10.2. The molecule has 9 nitrogen and oxygen atoms in total. The number of nitrogens with two attached hydrogens (primary N) is 1. The molecule has 3 unspecified atom stereocenters. The normalized spacial score (nSPS) is 23.7. The third-order valence-electron chi connectivity index (χ3n) is 9.55. The van der Waals surface area contributed by atoms with E-state index < -0.39 is 0 Å². The fourth-order valence-electron chi connectivity index (χ4n) is 7.58. The third kappa shape index (κ3) is 4.57. The maximum atomic E-state index is 6.32. The van der Waals surface area contributed by atoms with Gasteiger partial charge in [-0.1, -0.05) is 30.3 Å². The van der Waals surface area contributed by atoms with Gasteiger partial charge in [-0.25, -0.2) is 0 Å². The average Bonchev–Trinajstić information content (AvgIpc) is 3.29. The summed E-state index contributed by atoms with van der Waals surface area (Å²) in [5, 5.41) is 17.2. The quantitative estimate of drug-likeness (QED) is 0.355. The Morgan fingerprint density at radius 1 is 0.780 bits per heavy atom. The number of anilines is 3. The molecule has 4 aliphatic rings. The number of nitrogens with zero attached hydrogens (tertiary/aromatic N) is 6. The molecule has 9 heteroatoms. The predicted molar refractivity (Wildman–Crippen MR) is 158 cm³/mol. The van der Waals surface area contributed by atoms with Crippen LogP contribution in [0.3, 0.4) is 0 Å². The lowest BCUT2D eigenvalue weighted by atomic mass is 10.0. The number of ether oxygens (including phenoxy) is 1. The van der Waals surface area contributed by atoms with Crippen LogP contribution >= 0.6 is 0 Å². The van der Waals surface area contributed by atoms with Gasteiger partial charge in [0.05, 0.1) is 18.9 Å². The van der Waals surface area contributed by atoms with Gasteiger partial charge >= 0.3 is 0 Å². The lowest BCUT2D eigenvalue weighted by Gasteiger charge is -2.40. The van der Waals surface area contributed by atoms with E-state index in [1.807, 2.05) is 0 Å². The average molecular weight is 549 g/mol. The lowest BCUT2D eigenvalue weighted by molar-refractivity contribution is -0.0389. The van der Waals surface area contributed by atoms with E-state index >= 15 is 0 Å². The first-order valence-electron chi connectivity index (χ1n) is 15.1. The smallest absolute Gasteiger partial charge is 0.248 e. The van der Waals surface area contributed by atoms with Crippen molar-refractivity contribution in [2.24, 2.45) is 0 Å². The van der Waals surface area contributed by atoms with Gasteiger partial charge in [0, 0.05) is 29.4 Å². The van der Waals surface area contributed by atoms with Crippen molar-refractivity contribution in [2.75, 3.05) is 24.3 Å². The molecule has 4 heterocycles. The summed E-state index contributed by atoms with van der Waals surface area (Å²) >= 11 is 0. The fourth-order valence-corrected chi connectivity index (χ4v) is 7.58. The number of fused-ring (bicyclic) bond motifs is 6. The van der Waals surface area contributed by atoms with E-state index in [-0.39, 0.29) is 5.95 Å². The van der Waals surface area contributed by atoms with Crippen LogP contribution in [0.15, 0.2) is 48.5 Å². The van der Waals surface area contributed by atoms with Crippen LogP contribution in [0, 0.1) is 0 Å². The van der Waals surface area contributed by atoms with E-state index in [0.29, 0.717) is 29.9 Å². The zero-order valence-corrected chi connectivity index (χ0v) is 23.3. The van der Waals surface area contributed by atoms with E-state index in [9.17, 15) is 0 Å². The Kier molecular flexibility index (Phi) is 6.22. The number of hydrogen-bond donors (Lipinski definition) is 2. The van der Waals surface area contributed by atoms with Gasteiger partial charge in [0.1, 0.15) is 0 Å². The molecule has 0 amide bonds. The minimum Gasteiger partial charge on any atom is -0.378 e. The Morgan fingerprint density at radius 2 is 1.59 bits per heavy atom. The number of nitrogens with one attached hydrogen (secondary N) is 1. The molecular formula is C32H36N8O. The minimum atomic E-state index is 0.286. The van der Waals surface area contributed by atoms with Crippen LogP contribution < -0.4 is 11.1 Å². The summed E-state index contributed by atoms with van der Waals surface area (Å²) < 4.78 is 7.42. The van der Waals surface area contributed by atoms with Gasteiger partial charge < -0.3 is 15.8 Å². The summed E-state index contributed by atoms with van der Waals surface area (Å²) in [5.74, 6) is 1.33. The molecule has 41 heavy (non-hydrogen) atoms. The summed E-state index contributed by atoms with van der Waals surface area (Å²) in [6, 6.07) is 19.1. The highest BCUT2D eigenvalue weighted by Gasteiger charge is 2.41. The molecule has 2 aliphatic carbocycles. The number of aromatic nitrogens is 5. The Labute approximate surface area is 240 Å². The van der Waals surface area contributed by atoms with Crippen molar-refractivity contribution in [3.63, 3.8) is 0 Å². The molecule has 4 aromatic rings. The van der Waals surface area contributed by atoms with Gasteiger partial charge in [-0.2, -0.15) is 9.67 Å². The van der Waals surface area contributed by atoms with E-state index in [0.717, 1.165) is 56.7 Å². The lowest BCUT2D eigenvalue weighted by Crippen LogP contribution is -2.51. The second-order valence-electron chi connectivity index (χ2n) is 12.0. The van der Waals surface area contributed by atoms with Crippen LogP contribution in [0.4, 0.5) is 17.6 Å². The molecule has 0 saturated carbocycles. The summed E-state index contributed by atoms with van der Waals surface area (Å²) in [6.07, 6.45) is 10.3. The molecule has 2 fully saturated rings. The van der Waals surface area contributed by atoms with E-state index in [1.54, 1.807) is 4.68 Å². The van der Waals surface area contributed by atoms with Crippen LogP contribution in [0.25, 0.3) is 17.1 Å².